The largest absolute Gasteiger partial charge is 0.492 e. The number of para-hydroxylation sites is 1. The molecule has 38 heavy (non-hydrogen) atoms. The van der Waals surface area contributed by atoms with Crippen LogP contribution in [0.2, 0.25) is 0 Å². The lowest BCUT2D eigenvalue weighted by Crippen LogP contribution is -2.27. The molecule has 6 nitrogen and oxygen atoms in total. The molecule has 1 N–H and O–H groups in total. The molecule has 0 aliphatic heterocycles. The number of rotatable bonds is 10. The van der Waals surface area contributed by atoms with Crippen LogP contribution in [-0.2, 0) is 0 Å². The van der Waals surface area contributed by atoms with Gasteiger partial charge in [-0.1, -0.05) is 62.4 Å². The highest BCUT2D eigenvalue weighted by Crippen LogP contribution is 2.26. The Morgan fingerprint density at radius 3 is 2.24 bits per heavy atom. The summed E-state index contributed by atoms with van der Waals surface area (Å²) in [5, 5.41) is 4.25. The van der Waals surface area contributed by atoms with Crippen LogP contribution in [0.15, 0.2) is 108 Å². The number of pyridine rings is 2. The van der Waals surface area contributed by atoms with Crippen molar-refractivity contribution in [1.82, 2.24) is 14.5 Å². The van der Waals surface area contributed by atoms with Crippen molar-refractivity contribution in [1.29, 1.82) is 0 Å². The Kier molecular flexibility index (Phi) is 7.81. The zero-order chi connectivity index (χ0) is 26.3. The molecule has 0 unspecified atom stereocenters. The highest BCUT2D eigenvalue weighted by Gasteiger charge is 2.14. The molecule has 0 saturated heterocycles. The molecule has 0 atom stereocenters. The summed E-state index contributed by atoms with van der Waals surface area (Å²) in [7, 11) is 0. The van der Waals surface area contributed by atoms with E-state index in [1.165, 1.54) is 0 Å². The van der Waals surface area contributed by atoms with Crippen molar-refractivity contribution in [2.45, 2.75) is 13.8 Å². The van der Waals surface area contributed by atoms with Gasteiger partial charge in [-0.25, -0.2) is 4.98 Å². The van der Waals surface area contributed by atoms with Crippen LogP contribution in [0.3, 0.4) is 0 Å². The lowest BCUT2D eigenvalue weighted by molar-refractivity contribution is 0.223. The molecule has 6 heteroatoms. The van der Waals surface area contributed by atoms with Crippen LogP contribution in [0.1, 0.15) is 13.8 Å². The first-order chi connectivity index (χ1) is 18.7. The average Bonchev–Trinajstić information content (AvgIpc) is 2.97. The van der Waals surface area contributed by atoms with E-state index in [0.717, 1.165) is 53.2 Å². The maximum absolute atomic E-state index is 13.8. The summed E-state index contributed by atoms with van der Waals surface area (Å²) < 4.78 is 7.67. The Labute approximate surface area is 223 Å². The zero-order valence-corrected chi connectivity index (χ0v) is 21.8. The van der Waals surface area contributed by atoms with Crippen LogP contribution in [0, 0.1) is 0 Å². The third kappa shape index (κ3) is 5.61. The molecule has 0 amide bonds. The van der Waals surface area contributed by atoms with Crippen LogP contribution in [0.5, 0.6) is 5.75 Å². The molecule has 0 radical (unpaired) electrons. The van der Waals surface area contributed by atoms with E-state index in [4.69, 9.17) is 4.74 Å². The third-order valence-electron chi connectivity index (χ3n) is 6.68. The van der Waals surface area contributed by atoms with E-state index >= 15 is 0 Å². The normalized spacial score (nSPS) is 11.1. The molecule has 0 spiro atoms. The van der Waals surface area contributed by atoms with Gasteiger partial charge in [0.1, 0.15) is 18.2 Å². The molecule has 5 rings (SSSR count). The van der Waals surface area contributed by atoms with E-state index in [9.17, 15) is 4.79 Å². The third-order valence-corrected chi connectivity index (χ3v) is 6.68. The lowest BCUT2D eigenvalue weighted by atomic mass is 10.0. The average molecular weight is 505 g/mol. The second-order valence-electron chi connectivity index (χ2n) is 9.05. The Hall–Kier alpha value is -4.42. The summed E-state index contributed by atoms with van der Waals surface area (Å²) in [6.45, 7) is 7.92. The molecular formula is C32H32N4O2. The number of hydrogen-bond acceptors (Lipinski definition) is 5. The molecule has 0 saturated carbocycles. The fourth-order valence-electron chi connectivity index (χ4n) is 4.55. The highest BCUT2D eigenvalue weighted by atomic mass is 16.5. The van der Waals surface area contributed by atoms with Gasteiger partial charge in [0.15, 0.2) is 0 Å². The monoisotopic (exact) mass is 504 g/mol. The fraction of sp³-hybridized carbons (Fsp3) is 0.188. The number of anilines is 2. The molecule has 2 aromatic heterocycles. The summed E-state index contributed by atoms with van der Waals surface area (Å²) in [6.07, 6.45) is 1.81. The minimum Gasteiger partial charge on any atom is -0.492 e. The van der Waals surface area contributed by atoms with E-state index in [0.29, 0.717) is 18.0 Å². The van der Waals surface area contributed by atoms with Gasteiger partial charge < -0.3 is 15.0 Å². The molecule has 3 aromatic carbocycles. The summed E-state index contributed by atoms with van der Waals surface area (Å²) in [5.41, 5.74) is 3.94. The van der Waals surface area contributed by atoms with Crippen LogP contribution in [0.4, 0.5) is 11.5 Å². The lowest BCUT2D eigenvalue weighted by Gasteiger charge is -2.18. The van der Waals surface area contributed by atoms with Crippen LogP contribution >= 0.6 is 0 Å². The molecule has 0 aliphatic carbocycles. The number of aromatic nitrogens is 2. The van der Waals surface area contributed by atoms with Gasteiger partial charge >= 0.3 is 0 Å². The quantitative estimate of drug-likeness (QED) is 0.235. The first-order valence-electron chi connectivity index (χ1n) is 13.0. The standard InChI is InChI=1S/C32H32N4O2/c1-3-35(4-2)19-20-38-28-17-15-26(16-18-28)34-31-22-30-25(23-33-31)21-29(24-11-7-5-8-12-24)32(37)36(30)27-13-9-6-10-14-27/h5-18,21-23H,3-4,19-20H2,1-2H3,(H,33,34). The minimum atomic E-state index is -0.0711. The predicted molar refractivity (Wildman–Crippen MR) is 156 cm³/mol. The number of ether oxygens (including phenoxy) is 1. The summed E-state index contributed by atoms with van der Waals surface area (Å²) in [6, 6.07) is 31.2. The van der Waals surface area contributed by atoms with E-state index in [-0.39, 0.29) is 5.56 Å². The van der Waals surface area contributed by atoms with Crippen molar-refractivity contribution in [2.75, 3.05) is 31.6 Å². The van der Waals surface area contributed by atoms with Gasteiger partial charge in [-0.2, -0.15) is 0 Å². The van der Waals surface area contributed by atoms with E-state index < -0.39 is 0 Å². The van der Waals surface area contributed by atoms with Gasteiger partial charge in [-0.3, -0.25) is 9.36 Å². The number of nitrogens with zero attached hydrogens (tertiary/aromatic N) is 3. The van der Waals surface area contributed by atoms with Crippen LogP contribution in [-0.4, -0.2) is 40.7 Å². The second kappa shape index (κ2) is 11.8. The zero-order valence-electron chi connectivity index (χ0n) is 21.8. The maximum Gasteiger partial charge on any atom is 0.263 e. The van der Waals surface area contributed by atoms with Crippen molar-refractivity contribution in [3.63, 3.8) is 0 Å². The smallest absolute Gasteiger partial charge is 0.263 e. The minimum absolute atomic E-state index is 0.0711. The number of likely N-dealkylation sites (N-methyl/N-ethyl adjacent to an activating group) is 1. The van der Waals surface area contributed by atoms with Crippen molar-refractivity contribution in [2.24, 2.45) is 0 Å². The van der Waals surface area contributed by atoms with Crippen molar-refractivity contribution < 1.29 is 4.74 Å². The van der Waals surface area contributed by atoms with Gasteiger partial charge in [0.05, 0.1) is 5.52 Å². The fourth-order valence-corrected chi connectivity index (χ4v) is 4.55. The first kappa shape index (κ1) is 25.2. The van der Waals surface area contributed by atoms with E-state index in [1.807, 2.05) is 103 Å². The highest BCUT2D eigenvalue weighted by molar-refractivity contribution is 5.87. The Morgan fingerprint density at radius 2 is 1.55 bits per heavy atom. The molecular weight excluding hydrogens is 472 g/mol. The Morgan fingerprint density at radius 1 is 0.868 bits per heavy atom. The topological polar surface area (TPSA) is 59.4 Å². The molecule has 5 aromatic rings. The van der Waals surface area contributed by atoms with Crippen molar-refractivity contribution >= 4 is 22.4 Å². The van der Waals surface area contributed by atoms with Gasteiger partial charge in [0.25, 0.3) is 5.56 Å². The SMILES string of the molecule is CCN(CC)CCOc1ccc(Nc2cc3c(cn2)cc(-c2ccccc2)c(=O)n3-c2ccccc2)cc1. The predicted octanol–water partition coefficient (Wildman–Crippen LogP) is 6.52. The molecule has 0 fully saturated rings. The Bertz CT molecular complexity index is 1540. The summed E-state index contributed by atoms with van der Waals surface area (Å²) in [5.74, 6) is 1.49. The Balaban J connectivity index is 1.44. The number of nitrogens with one attached hydrogen (secondary N) is 1. The molecule has 2 heterocycles. The van der Waals surface area contributed by atoms with Gasteiger partial charge in [0.2, 0.25) is 0 Å². The van der Waals surface area contributed by atoms with E-state index in [1.54, 1.807) is 4.57 Å². The summed E-state index contributed by atoms with van der Waals surface area (Å²) in [4.78, 5) is 20.7. The molecule has 0 aliphatic rings. The van der Waals surface area contributed by atoms with Crippen molar-refractivity contribution in [3.8, 4) is 22.6 Å². The van der Waals surface area contributed by atoms with E-state index in [2.05, 4.69) is 29.0 Å². The molecule has 192 valence electrons. The summed E-state index contributed by atoms with van der Waals surface area (Å²) >= 11 is 0. The number of hydrogen-bond donors (Lipinski definition) is 1. The van der Waals surface area contributed by atoms with Crippen molar-refractivity contribution in [3.05, 3.63) is 114 Å². The van der Waals surface area contributed by atoms with Gasteiger partial charge in [0, 0.05) is 41.1 Å². The van der Waals surface area contributed by atoms with Gasteiger partial charge in [-0.15, -0.1) is 0 Å². The number of benzene rings is 3. The molecule has 0 bridgehead atoms. The maximum atomic E-state index is 13.8. The van der Waals surface area contributed by atoms with Gasteiger partial charge in [-0.05, 0) is 61.1 Å². The van der Waals surface area contributed by atoms with Crippen LogP contribution < -0.4 is 15.6 Å². The van der Waals surface area contributed by atoms with Crippen LogP contribution in [0.25, 0.3) is 27.7 Å². The first-order valence-corrected chi connectivity index (χ1v) is 13.0. The second-order valence-corrected chi connectivity index (χ2v) is 9.05. The number of fused-ring (bicyclic) bond motifs is 1.